The zero-order chi connectivity index (χ0) is 21.3. The van der Waals surface area contributed by atoms with E-state index in [0.717, 1.165) is 10.4 Å². The van der Waals surface area contributed by atoms with Gasteiger partial charge in [0.05, 0.1) is 10.9 Å². The maximum Gasteiger partial charge on any atom is 0.339 e. The van der Waals surface area contributed by atoms with Crippen molar-refractivity contribution in [3.05, 3.63) is 97.9 Å². The van der Waals surface area contributed by atoms with Gasteiger partial charge < -0.3 is 9.72 Å². The molecule has 0 spiro atoms. The van der Waals surface area contributed by atoms with E-state index >= 15 is 0 Å². The number of H-pyrrole nitrogens is 1. The molecule has 0 unspecified atom stereocenters. The fraction of sp³-hybridized carbons (Fsp3) is 0.130. The van der Waals surface area contributed by atoms with Crippen LogP contribution in [0.1, 0.15) is 42.5 Å². The Labute approximate surface area is 176 Å². The fourth-order valence-electron chi connectivity index (χ4n) is 3.18. The van der Waals surface area contributed by atoms with Crippen molar-refractivity contribution in [1.82, 2.24) is 9.97 Å². The summed E-state index contributed by atoms with van der Waals surface area (Å²) < 4.78 is 5.36. The average Bonchev–Trinajstić information content (AvgIpc) is 3.06. The highest BCUT2D eigenvalue weighted by atomic mass is 32.1. The van der Waals surface area contributed by atoms with Gasteiger partial charge >= 0.3 is 5.97 Å². The molecule has 0 saturated heterocycles. The monoisotopic (exact) mass is 418 g/mol. The van der Waals surface area contributed by atoms with Gasteiger partial charge in [0, 0.05) is 16.0 Å². The number of fused-ring (bicyclic) bond motifs is 1. The Bertz CT molecular complexity index is 1320. The lowest BCUT2D eigenvalue weighted by Gasteiger charge is -2.09. The number of aromatic amines is 1. The molecule has 0 aliphatic carbocycles. The minimum absolute atomic E-state index is 0.164. The topological polar surface area (TPSA) is 89.1 Å². The van der Waals surface area contributed by atoms with Crippen molar-refractivity contribution in [2.24, 2.45) is 0 Å². The van der Waals surface area contributed by atoms with Gasteiger partial charge in [-0.1, -0.05) is 48.5 Å². The zero-order valence-electron chi connectivity index (χ0n) is 16.4. The number of carbonyl (C=O) groups is 2. The molecule has 0 aliphatic heterocycles. The molecule has 1 N–H and O–H groups in total. The van der Waals surface area contributed by atoms with Crippen molar-refractivity contribution in [2.75, 3.05) is 0 Å². The summed E-state index contributed by atoms with van der Waals surface area (Å²) in [6.07, 6.45) is 0. The number of hydrogen-bond donors (Lipinski definition) is 1. The summed E-state index contributed by atoms with van der Waals surface area (Å²) in [6.45, 7) is 3.61. The van der Waals surface area contributed by atoms with Crippen molar-refractivity contribution >= 4 is 33.3 Å². The van der Waals surface area contributed by atoms with Crippen LogP contribution in [0.4, 0.5) is 0 Å². The first-order chi connectivity index (χ1) is 14.5. The third-order valence-corrected chi connectivity index (χ3v) is 5.96. The van der Waals surface area contributed by atoms with E-state index in [9.17, 15) is 14.4 Å². The second-order valence-electron chi connectivity index (χ2n) is 6.79. The van der Waals surface area contributed by atoms with Crippen LogP contribution in [0, 0.1) is 13.8 Å². The van der Waals surface area contributed by atoms with E-state index in [1.54, 1.807) is 48.5 Å². The molecule has 2 aromatic heterocycles. The minimum atomic E-state index is -0.656. The molecule has 30 heavy (non-hydrogen) atoms. The van der Waals surface area contributed by atoms with Crippen LogP contribution in [0.2, 0.25) is 0 Å². The van der Waals surface area contributed by atoms with Crippen molar-refractivity contribution in [1.29, 1.82) is 0 Å². The molecule has 0 fully saturated rings. The van der Waals surface area contributed by atoms with E-state index < -0.39 is 5.97 Å². The third kappa shape index (κ3) is 3.67. The van der Waals surface area contributed by atoms with Gasteiger partial charge in [0.1, 0.15) is 17.3 Å². The minimum Gasteiger partial charge on any atom is -0.454 e. The summed E-state index contributed by atoms with van der Waals surface area (Å²) in [5, 5.41) is 0.561. The van der Waals surface area contributed by atoms with Crippen LogP contribution in [-0.4, -0.2) is 21.7 Å². The van der Waals surface area contributed by atoms with Crippen LogP contribution in [0.25, 0.3) is 10.2 Å². The molecule has 7 heteroatoms. The summed E-state index contributed by atoms with van der Waals surface area (Å²) >= 11 is 1.43. The number of aryl methyl sites for hydroxylation is 2. The third-order valence-electron chi connectivity index (χ3n) is 4.86. The highest BCUT2D eigenvalue weighted by Crippen LogP contribution is 2.25. The molecule has 0 aliphatic rings. The first-order valence-corrected chi connectivity index (χ1v) is 10.1. The van der Waals surface area contributed by atoms with E-state index in [2.05, 4.69) is 9.97 Å². The predicted molar refractivity (Wildman–Crippen MR) is 115 cm³/mol. The number of rotatable bonds is 5. The molecule has 0 amide bonds. The number of hydrogen-bond acceptors (Lipinski definition) is 6. The standard InChI is InChI=1S/C23H18N2O4S/c1-13-14(2)30-22-19(13)21(27)24-18(25-22)12-29-23(28)17-11-7-6-10-16(17)20(26)15-8-4-3-5-9-15/h3-11H,12H2,1-2H3,(H,24,25,27). The van der Waals surface area contributed by atoms with E-state index in [1.165, 1.54) is 11.3 Å². The normalized spacial score (nSPS) is 10.9. The van der Waals surface area contributed by atoms with Gasteiger partial charge in [-0.3, -0.25) is 9.59 Å². The SMILES string of the molecule is Cc1sc2nc(COC(=O)c3ccccc3C(=O)c3ccccc3)[nH]c(=O)c2c1C. The molecule has 2 heterocycles. The summed E-state index contributed by atoms with van der Waals surface area (Å²) in [4.78, 5) is 46.6. The second-order valence-corrected chi connectivity index (χ2v) is 8.00. The van der Waals surface area contributed by atoms with E-state index in [0.29, 0.717) is 15.8 Å². The lowest BCUT2D eigenvalue weighted by atomic mass is 9.98. The first-order valence-electron chi connectivity index (χ1n) is 9.30. The molecule has 0 saturated carbocycles. The number of ketones is 1. The molecule has 150 valence electrons. The lowest BCUT2D eigenvalue weighted by Crippen LogP contribution is -2.16. The highest BCUT2D eigenvalue weighted by Gasteiger charge is 2.20. The molecular weight excluding hydrogens is 400 g/mol. The van der Waals surface area contributed by atoms with Crippen molar-refractivity contribution < 1.29 is 14.3 Å². The Morgan fingerprint density at radius 1 is 1.00 bits per heavy atom. The Hall–Kier alpha value is -3.58. The van der Waals surface area contributed by atoms with E-state index in [-0.39, 0.29) is 34.9 Å². The number of nitrogens with zero attached hydrogens (tertiary/aromatic N) is 1. The number of aromatic nitrogens is 2. The lowest BCUT2D eigenvalue weighted by molar-refractivity contribution is 0.0460. The molecule has 0 atom stereocenters. The van der Waals surface area contributed by atoms with Crippen LogP contribution in [0.3, 0.4) is 0 Å². The maximum atomic E-state index is 12.8. The van der Waals surface area contributed by atoms with Gasteiger partial charge in [0.15, 0.2) is 5.78 Å². The Kier molecular flexibility index (Phi) is 5.29. The van der Waals surface area contributed by atoms with Crippen LogP contribution in [0.5, 0.6) is 0 Å². The molecule has 2 aromatic carbocycles. The molecule has 6 nitrogen and oxygen atoms in total. The second kappa shape index (κ2) is 8.04. The quantitative estimate of drug-likeness (QED) is 0.388. The van der Waals surface area contributed by atoms with Gasteiger partial charge in [-0.15, -0.1) is 11.3 Å². The highest BCUT2D eigenvalue weighted by molar-refractivity contribution is 7.18. The van der Waals surface area contributed by atoms with Crippen LogP contribution >= 0.6 is 11.3 Å². The largest absolute Gasteiger partial charge is 0.454 e. The Morgan fingerprint density at radius 2 is 1.67 bits per heavy atom. The van der Waals surface area contributed by atoms with Crippen molar-refractivity contribution in [3.8, 4) is 0 Å². The number of carbonyl (C=O) groups excluding carboxylic acids is 2. The zero-order valence-corrected chi connectivity index (χ0v) is 17.2. The van der Waals surface area contributed by atoms with Crippen LogP contribution < -0.4 is 5.56 Å². The van der Waals surface area contributed by atoms with Crippen molar-refractivity contribution in [2.45, 2.75) is 20.5 Å². The molecule has 4 aromatic rings. The summed E-state index contributed by atoms with van der Waals surface area (Å²) in [5.74, 6) is -0.661. The van der Waals surface area contributed by atoms with Crippen LogP contribution in [0.15, 0.2) is 59.4 Å². The van der Waals surface area contributed by atoms with E-state index in [4.69, 9.17) is 4.74 Å². The molecule has 0 bridgehead atoms. The Balaban J connectivity index is 1.58. The Morgan fingerprint density at radius 3 is 2.40 bits per heavy atom. The summed E-state index contributed by atoms with van der Waals surface area (Å²) in [6, 6.07) is 15.2. The number of ether oxygens (including phenoxy) is 1. The van der Waals surface area contributed by atoms with Crippen LogP contribution in [-0.2, 0) is 11.3 Å². The smallest absolute Gasteiger partial charge is 0.339 e. The van der Waals surface area contributed by atoms with E-state index in [1.807, 2.05) is 19.9 Å². The van der Waals surface area contributed by atoms with Gasteiger partial charge in [-0.05, 0) is 25.5 Å². The summed E-state index contributed by atoms with van der Waals surface area (Å²) in [7, 11) is 0. The molecule has 4 rings (SSSR count). The first kappa shape index (κ1) is 19.7. The maximum absolute atomic E-state index is 12.8. The predicted octanol–water partition coefficient (Wildman–Crippen LogP) is 4.19. The molecular formula is C23H18N2O4S. The van der Waals surface area contributed by atoms with Gasteiger partial charge in [0.25, 0.3) is 5.56 Å². The van der Waals surface area contributed by atoms with Gasteiger partial charge in [0.2, 0.25) is 0 Å². The van der Waals surface area contributed by atoms with Gasteiger partial charge in [-0.2, -0.15) is 0 Å². The van der Waals surface area contributed by atoms with Crippen molar-refractivity contribution in [3.63, 3.8) is 0 Å². The molecule has 0 radical (unpaired) electrons. The average molecular weight is 418 g/mol. The number of esters is 1. The number of nitrogens with one attached hydrogen (secondary N) is 1. The summed E-state index contributed by atoms with van der Waals surface area (Å²) in [5.41, 5.74) is 1.55. The fourth-order valence-corrected chi connectivity index (χ4v) is 4.23. The number of benzene rings is 2. The number of thiophene rings is 1. The van der Waals surface area contributed by atoms with Gasteiger partial charge in [-0.25, -0.2) is 9.78 Å².